The van der Waals surface area contributed by atoms with Gasteiger partial charge in [0.25, 0.3) is 6.43 Å². The molecule has 0 atom stereocenters. The van der Waals surface area contributed by atoms with Crippen LogP contribution in [0.1, 0.15) is 17.6 Å². The Kier molecular flexibility index (Phi) is 3.60. The van der Waals surface area contributed by atoms with E-state index in [9.17, 15) is 13.6 Å². The number of nitrogen functional groups attached to an aromatic ring is 2. The highest BCUT2D eigenvalue weighted by molar-refractivity contribution is 5.78. The largest absolute Gasteiger partial charge is 0.469 e. The van der Waals surface area contributed by atoms with Gasteiger partial charge < -0.3 is 16.2 Å². The highest BCUT2D eigenvalue weighted by Crippen LogP contribution is 2.29. The third-order valence-corrected chi connectivity index (χ3v) is 2.08. The molecular formula is C9H11F2N3O2. The summed E-state index contributed by atoms with van der Waals surface area (Å²) < 4.78 is 29.6. The van der Waals surface area contributed by atoms with Crippen molar-refractivity contribution in [3.63, 3.8) is 0 Å². The van der Waals surface area contributed by atoms with Crippen LogP contribution in [-0.2, 0) is 16.0 Å². The van der Waals surface area contributed by atoms with Gasteiger partial charge in [0.1, 0.15) is 5.82 Å². The van der Waals surface area contributed by atoms with Crippen molar-refractivity contribution in [3.05, 3.63) is 17.3 Å². The summed E-state index contributed by atoms with van der Waals surface area (Å²) in [6.07, 6.45) is -2.21. The highest BCUT2D eigenvalue weighted by Gasteiger charge is 2.20. The van der Waals surface area contributed by atoms with Gasteiger partial charge in [-0.2, -0.15) is 0 Å². The number of aromatic nitrogens is 1. The van der Waals surface area contributed by atoms with E-state index in [1.54, 1.807) is 0 Å². The first-order valence-corrected chi connectivity index (χ1v) is 4.35. The molecule has 7 heteroatoms. The van der Waals surface area contributed by atoms with Crippen LogP contribution >= 0.6 is 0 Å². The zero-order valence-corrected chi connectivity index (χ0v) is 8.54. The number of hydrogen-bond donors (Lipinski definition) is 2. The van der Waals surface area contributed by atoms with E-state index >= 15 is 0 Å². The Morgan fingerprint density at radius 1 is 1.56 bits per heavy atom. The minimum Gasteiger partial charge on any atom is -0.469 e. The van der Waals surface area contributed by atoms with Crippen LogP contribution in [0, 0.1) is 0 Å². The van der Waals surface area contributed by atoms with E-state index in [2.05, 4.69) is 9.72 Å². The quantitative estimate of drug-likeness (QED) is 0.754. The first kappa shape index (κ1) is 12.2. The maximum atomic E-state index is 12.6. The molecule has 0 saturated carbocycles. The van der Waals surface area contributed by atoms with Gasteiger partial charge in [-0.05, 0) is 0 Å². The molecule has 1 rings (SSSR count). The Balaban J connectivity index is 3.20. The predicted molar refractivity (Wildman–Crippen MR) is 53.7 cm³/mol. The topological polar surface area (TPSA) is 91.2 Å². The van der Waals surface area contributed by atoms with Crippen LogP contribution in [0.4, 0.5) is 20.3 Å². The Labute approximate surface area is 90.4 Å². The van der Waals surface area contributed by atoms with Gasteiger partial charge in [0.15, 0.2) is 0 Å². The molecule has 88 valence electrons. The van der Waals surface area contributed by atoms with E-state index in [4.69, 9.17) is 11.5 Å². The summed E-state index contributed by atoms with van der Waals surface area (Å²) in [5.74, 6) is -0.748. The van der Waals surface area contributed by atoms with E-state index in [-0.39, 0.29) is 23.5 Å². The number of carbonyl (C=O) groups is 1. The number of halogens is 2. The first-order valence-electron chi connectivity index (χ1n) is 4.35. The number of alkyl halides is 2. The third-order valence-electron chi connectivity index (χ3n) is 2.08. The molecule has 1 aromatic rings. The normalized spacial score (nSPS) is 10.5. The Hall–Kier alpha value is -1.92. The van der Waals surface area contributed by atoms with Crippen molar-refractivity contribution in [3.8, 4) is 0 Å². The minimum absolute atomic E-state index is 0.0330. The summed E-state index contributed by atoms with van der Waals surface area (Å²) in [5.41, 5.74) is 10.3. The first-order chi connectivity index (χ1) is 7.47. The van der Waals surface area contributed by atoms with Crippen LogP contribution in [0.25, 0.3) is 0 Å². The molecule has 0 fully saturated rings. The highest BCUT2D eigenvalue weighted by atomic mass is 19.3. The number of hydrogen-bond acceptors (Lipinski definition) is 5. The van der Waals surface area contributed by atoms with Gasteiger partial charge in [0.05, 0.1) is 19.2 Å². The van der Waals surface area contributed by atoms with E-state index in [1.165, 1.54) is 0 Å². The Morgan fingerprint density at radius 3 is 2.69 bits per heavy atom. The van der Waals surface area contributed by atoms with Crippen LogP contribution in [0.3, 0.4) is 0 Å². The molecule has 1 aromatic heterocycles. The maximum absolute atomic E-state index is 12.6. The molecule has 0 aliphatic heterocycles. The molecule has 1 heterocycles. The summed E-state index contributed by atoms with van der Waals surface area (Å²) in [7, 11) is 1.16. The van der Waals surface area contributed by atoms with Gasteiger partial charge in [-0.3, -0.25) is 4.79 Å². The molecule has 0 spiro atoms. The van der Waals surface area contributed by atoms with Crippen LogP contribution in [0.15, 0.2) is 6.20 Å². The van der Waals surface area contributed by atoms with E-state index < -0.39 is 18.0 Å². The number of esters is 1. The molecule has 0 saturated heterocycles. The molecule has 0 aliphatic rings. The fourth-order valence-electron chi connectivity index (χ4n) is 1.20. The SMILES string of the molecule is COC(=O)Cc1c(C(F)F)cnc(N)c1N. The Morgan fingerprint density at radius 2 is 2.19 bits per heavy atom. The molecule has 0 amide bonds. The summed E-state index contributed by atoms with van der Waals surface area (Å²) in [6, 6.07) is 0. The van der Waals surface area contributed by atoms with Gasteiger partial charge in [0.2, 0.25) is 0 Å². The summed E-state index contributed by atoms with van der Waals surface area (Å²) in [6.45, 7) is 0. The van der Waals surface area contributed by atoms with Crippen molar-refractivity contribution in [2.45, 2.75) is 12.8 Å². The van der Waals surface area contributed by atoms with Crippen molar-refractivity contribution in [2.24, 2.45) is 0 Å². The zero-order valence-electron chi connectivity index (χ0n) is 8.54. The van der Waals surface area contributed by atoms with Crippen LogP contribution < -0.4 is 11.5 Å². The minimum atomic E-state index is -2.77. The lowest BCUT2D eigenvalue weighted by Gasteiger charge is -2.11. The van der Waals surface area contributed by atoms with Crippen molar-refractivity contribution < 1.29 is 18.3 Å². The number of ether oxygens (including phenoxy) is 1. The van der Waals surface area contributed by atoms with E-state index in [0.29, 0.717) is 0 Å². The second-order valence-corrected chi connectivity index (χ2v) is 3.04. The number of rotatable bonds is 3. The molecule has 0 unspecified atom stereocenters. The number of methoxy groups -OCH3 is 1. The average molecular weight is 231 g/mol. The summed E-state index contributed by atoms with van der Waals surface area (Å²) in [4.78, 5) is 14.5. The lowest BCUT2D eigenvalue weighted by molar-refractivity contribution is -0.139. The van der Waals surface area contributed by atoms with Gasteiger partial charge in [0, 0.05) is 17.3 Å². The maximum Gasteiger partial charge on any atom is 0.310 e. The van der Waals surface area contributed by atoms with E-state index in [1.807, 2.05) is 0 Å². The number of nitrogens with two attached hydrogens (primary N) is 2. The lowest BCUT2D eigenvalue weighted by Crippen LogP contribution is -2.12. The Bertz CT molecular complexity index is 410. The number of nitrogens with zero attached hydrogens (tertiary/aromatic N) is 1. The summed E-state index contributed by atoms with van der Waals surface area (Å²) in [5, 5.41) is 0. The van der Waals surface area contributed by atoms with Gasteiger partial charge in [-0.25, -0.2) is 13.8 Å². The fourth-order valence-corrected chi connectivity index (χ4v) is 1.20. The summed E-state index contributed by atoms with van der Waals surface area (Å²) >= 11 is 0. The smallest absolute Gasteiger partial charge is 0.310 e. The van der Waals surface area contributed by atoms with Crippen LogP contribution in [0.5, 0.6) is 0 Å². The number of carbonyl (C=O) groups excluding carboxylic acids is 1. The van der Waals surface area contributed by atoms with Crippen molar-refractivity contribution in [2.75, 3.05) is 18.6 Å². The van der Waals surface area contributed by atoms with Gasteiger partial charge in [-0.15, -0.1) is 0 Å². The average Bonchev–Trinajstić information content (AvgIpc) is 2.24. The number of anilines is 2. The van der Waals surface area contributed by atoms with Crippen LogP contribution in [0.2, 0.25) is 0 Å². The van der Waals surface area contributed by atoms with Gasteiger partial charge in [-0.1, -0.05) is 0 Å². The molecule has 4 N–H and O–H groups in total. The monoisotopic (exact) mass is 231 g/mol. The standard InChI is InChI=1S/C9H11F2N3O2/c1-16-6(15)2-4-5(8(10)11)3-14-9(13)7(4)12/h3,8H,2,12H2,1H3,(H2,13,14). The van der Waals surface area contributed by atoms with Crippen molar-refractivity contribution >= 4 is 17.5 Å². The molecule has 0 aromatic carbocycles. The van der Waals surface area contributed by atoms with Crippen molar-refractivity contribution in [1.82, 2.24) is 4.98 Å². The molecule has 16 heavy (non-hydrogen) atoms. The molecule has 0 radical (unpaired) electrons. The molecular weight excluding hydrogens is 220 g/mol. The van der Waals surface area contributed by atoms with Crippen LogP contribution in [-0.4, -0.2) is 18.1 Å². The van der Waals surface area contributed by atoms with Crippen molar-refractivity contribution in [1.29, 1.82) is 0 Å². The number of pyridine rings is 1. The lowest BCUT2D eigenvalue weighted by atomic mass is 10.1. The predicted octanol–water partition coefficient (Wildman–Crippen LogP) is 0.899. The molecule has 0 aliphatic carbocycles. The van der Waals surface area contributed by atoms with Gasteiger partial charge >= 0.3 is 5.97 Å². The second kappa shape index (κ2) is 4.73. The molecule has 5 nitrogen and oxygen atoms in total. The van der Waals surface area contributed by atoms with E-state index in [0.717, 1.165) is 13.3 Å². The second-order valence-electron chi connectivity index (χ2n) is 3.04. The third kappa shape index (κ3) is 2.36. The fraction of sp³-hybridized carbons (Fsp3) is 0.333. The molecule has 0 bridgehead atoms. The zero-order chi connectivity index (χ0) is 12.3.